The van der Waals surface area contributed by atoms with E-state index in [1.54, 1.807) is 22.4 Å². The number of nitrogens with zero attached hydrogens (tertiary/aromatic N) is 3. The third-order valence-electron chi connectivity index (χ3n) is 4.19. The van der Waals surface area contributed by atoms with E-state index in [1.165, 1.54) is 11.3 Å². The molecular formula is C14H21N3O3S. The van der Waals surface area contributed by atoms with Crippen LogP contribution in [0.1, 0.15) is 31.9 Å². The van der Waals surface area contributed by atoms with E-state index >= 15 is 0 Å². The molecule has 0 spiro atoms. The summed E-state index contributed by atoms with van der Waals surface area (Å²) in [5, 5.41) is 11.4. The molecule has 2 rings (SSSR count). The van der Waals surface area contributed by atoms with Crippen molar-refractivity contribution >= 4 is 23.3 Å². The summed E-state index contributed by atoms with van der Waals surface area (Å²) in [6.07, 6.45) is 1.91. The number of thiazole rings is 1. The average molecular weight is 311 g/mol. The van der Waals surface area contributed by atoms with Gasteiger partial charge in [0.25, 0.3) is 0 Å². The molecule has 6 nitrogen and oxygen atoms in total. The number of hydrogen-bond acceptors (Lipinski definition) is 4. The van der Waals surface area contributed by atoms with Gasteiger partial charge in [-0.15, -0.1) is 11.3 Å². The topological polar surface area (TPSA) is 73.7 Å². The molecule has 2 amide bonds. The maximum absolute atomic E-state index is 12.5. The van der Waals surface area contributed by atoms with E-state index in [2.05, 4.69) is 4.98 Å². The van der Waals surface area contributed by atoms with Crippen molar-refractivity contribution < 1.29 is 14.7 Å². The van der Waals surface area contributed by atoms with Gasteiger partial charge in [0.2, 0.25) is 0 Å². The van der Waals surface area contributed by atoms with Crippen molar-refractivity contribution in [3.05, 3.63) is 16.6 Å². The zero-order valence-corrected chi connectivity index (χ0v) is 13.2. The summed E-state index contributed by atoms with van der Waals surface area (Å²) >= 11 is 1.50. The predicted molar refractivity (Wildman–Crippen MR) is 80.1 cm³/mol. The van der Waals surface area contributed by atoms with Crippen molar-refractivity contribution in [2.24, 2.45) is 5.41 Å². The van der Waals surface area contributed by atoms with E-state index < -0.39 is 11.4 Å². The summed E-state index contributed by atoms with van der Waals surface area (Å²) in [5.74, 6) is -0.801. The second kappa shape index (κ2) is 6.43. The summed E-state index contributed by atoms with van der Waals surface area (Å²) in [5.41, 5.74) is 1.80. The molecular weight excluding hydrogens is 290 g/mol. The summed E-state index contributed by atoms with van der Waals surface area (Å²) in [4.78, 5) is 31.5. The molecule has 0 saturated carbocycles. The molecule has 0 bridgehead atoms. The quantitative estimate of drug-likeness (QED) is 0.925. The molecule has 1 saturated heterocycles. The summed E-state index contributed by atoms with van der Waals surface area (Å²) in [6, 6.07) is -0.123. The van der Waals surface area contributed by atoms with Crippen molar-refractivity contribution in [3.63, 3.8) is 0 Å². The SMILES string of the molecule is CCC1(C(=O)O)CCCN(C(=O)N(C)Cc2cscn2)C1. The number of piperidine rings is 1. The van der Waals surface area contributed by atoms with Crippen LogP contribution in [0.2, 0.25) is 0 Å². The van der Waals surface area contributed by atoms with Crippen LogP contribution >= 0.6 is 11.3 Å². The van der Waals surface area contributed by atoms with Gasteiger partial charge in [0.15, 0.2) is 0 Å². The number of amides is 2. The minimum atomic E-state index is -0.801. The van der Waals surface area contributed by atoms with Gasteiger partial charge in [-0.25, -0.2) is 9.78 Å². The minimum Gasteiger partial charge on any atom is -0.481 e. The van der Waals surface area contributed by atoms with E-state index in [-0.39, 0.29) is 6.03 Å². The highest BCUT2D eigenvalue weighted by atomic mass is 32.1. The molecule has 2 heterocycles. The molecule has 1 aromatic rings. The maximum Gasteiger partial charge on any atom is 0.320 e. The van der Waals surface area contributed by atoms with Crippen LogP contribution < -0.4 is 0 Å². The first-order chi connectivity index (χ1) is 9.98. The Morgan fingerprint density at radius 3 is 2.90 bits per heavy atom. The highest BCUT2D eigenvalue weighted by Crippen LogP contribution is 2.34. The van der Waals surface area contributed by atoms with Crippen LogP contribution in [0.4, 0.5) is 4.79 Å². The number of likely N-dealkylation sites (tertiary alicyclic amines) is 1. The molecule has 1 aromatic heterocycles. The van der Waals surface area contributed by atoms with Crippen LogP contribution in [0.3, 0.4) is 0 Å². The van der Waals surface area contributed by atoms with E-state index in [0.717, 1.165) is 12.1 Å². The van der Waals surface area contributed by atoms with Crippen LogP contribution in [0.25, 0.3) is 0 Å². The Kier molecular flexibility index (Phi) is 4.82. The monoisotopic (exact) mass is 311 g/mol. The Labute approximate surface area is 128 Å². The van der Waals surface area contributed by atoms with Crippen molar-refractivity contribution in [2.75, 3.05) is 20.1 Å². The number of hydrogen-bond donors (Lipinski definition) is 1. The number of aromatic nitrogens is 1. The zero-order valence-electron chi connectivity index (χ0n) is 12.4. The summed E-state index contributed by atoms with van der Waals surface area (Å²) < 4.78 is 0. The Morgan fingerprint density at radius 2 is 2.33 bits per heavy atom. The van der Waals surface area contributed by atoms with E-state index in [9.17, 15) is 14.7 Å². The predicted octanol–water partition coefficient (Wildman–Crippen LogP) is 2.27. The number of carboxylic acid groups (broad SMARTS) is 1. The normalized spacial score (nSPS) is 22.1. The van der Waals surface area contributed by atoms with Crippen molar-refractivity contribution in [2.45, 2.75) is 32.7 Å². The lowest BCUT2D eigenvalue weighted by Gasteiger charge is -2.40. The molecule has 1 N–H and O–H groups in total. The smallest absolute Gasteiger partial charge is 0.320 e. The molecule has 0 radical (unpaired) electrons. The maximum atomic E-state index is 12.5. The average Bonchev–Trinajstić information content (AvgIpc) is 2.99. The van der Waals surface area contributed by atoms with E-state index in [0.29, 0.717) is 32.5 Å². The molecule has 0 aromatic carbocycles. The Bertz CT molecular complexity index is 506. The fraction of sp³-hybridized carbons (Fsp3) is 0.643. The van der Waals surface area contributed by atoms with Gasteiger partial charge >= 0.3 is 12.0 Å². The largest absolute Gasteiger partial charge is 0.481 e. The minimum absolute atomic E-state index is 0.123. The highest BCUT2D eigenvalue weighted by molar-refractivity contribution is 7.07. The van der Waals surface area contributed by atoms with Crippen molar-refractivity contribution in [1.82, 2.24) is 14.8 Å². The van der Waals surface area contributed by atoms with Gasteiger partial charge in [0.05, 0.1) is 23.2 Å². The first-order valence-corrected chi connectivity index (χ1v) is 8.03. The lowest BCUT2D eigenvalue weighted by atomic mass is 9.78. The van der Waals surface area contributed by atoms with Gasteiger partial charge in [0, 0.05) is 25.5 Å². The molecule has 0 aliphatic carbocycles. The highest BCUT2D eigenvalue weighted by Gasteiger charge is 2.42. The lowest BCUT2D eigenvalue weighted by molar-refractivity contribution is -0.152. The molecule has 116 valence electrons. The number of rotatable bonds is 4. The molecule has 1 aliphatic rings. The van der Waals surface area contributed by atoms with Gasteiger partial charge in [0.1, 0.15) is 0 Å². The first-order valence-electron chi connectivity index (χ1n) is 7.09. The van der Waals surface area contributed by atoms with E-state index in [1.807, 2.05) is 12.3 Å². The molecule has 1 unspecified atom stereocenters. The number of carbonyl (C=O) groups excluding carboxylic acids is 1. The molecule has 7 heteroatoms. The number of urea groups is 1. The fourth-order valence-corrected chi connectivity index (χ4v) is 3.33. The van der Waals surface area contributed by atoms with Crippen LogP contribution in [0.5, 0.6) is 0 Å². The number of carboxylic acids is 1. The fourth-order valence-electron chi connectivity index (χ4n) is 2.78. The standard InChI is InChI=1S/C14H21N3O3S/c1-3-14(12(18)19)5-4-6-17(9-14)13(20)16(2)7-11-8-21-10-15-11/h8,10H,3-7,9H2,1-2H3,(H,18,19). The Morgan fingerprint density at radius 1 is 1.57 bits per heavy atom. The van der Waals surface area contributed by atoms with Crippen LogP contribution in [0, 0.1) is 5.41 Å². The van der Waals surface area contributed by atoms with Crippen LogP contribution in [0.15, 0.2) is 10.9 Å². The summed E-state index contributed by atoms with van der Waals surface area (Å²) in [7, 11) is 1.73. The third kappa shape index (κ3) is 3.34. The van der Waals surface area contributed by atoms with Gasteiger partial charge in [-0.3, -0.25) is 4.79 Å². The number of aliphatic carboxylic acids is 1. The van der Waals surface area contributed by atoms with Crippen LogP contribution in [-0.2, 0) is 11.3 Å². The number of carbonyl (C=O) groups is 2. The van der Waals surface area contributed by atoms with E-state index in [4.69, 9.17) is 0 Å². The molecule has 1 aliphatic heterocycles. The first kappa shape index (κ1) is 15.8. The molecule has 1 atom stereocenters. The Hall–Kier alpha value is -1.63. The van der Waals surface area contributed by atoms with Crippen molar-refractivity contribution in [1.29, 1.82) is 0 Å². The molecule has 1 fully saturated rings. The van der Waals surface area contributed by atoms with Gasteiger partial charge in [-0.1, -0.05) is 6.92 Å². The third-order valence-corrected chi connectivity index (χ3v) is 4.82. The zero-order chi connectivity index (χ0) is 15.5. The molecule has 21 heavy (non-hydrogen) atoms. The van der Waals surface area contributed by atoms with Crippen molar-refractivity contribution in [3.8, 4) is 0 Å². The van der Waals surface area contributed by atoms with Gasteiger partial charge < -0.3 is 14.9 Å². The lowest BCUT2D eigenvalue weighted by Crippen LogP contribution is -2.52. The van der Waals surface area contributed by atoms with Gasteiger partial charge in [-0.2, -0.15) is 0 Å². The summed E-state index contributed by atoms with van der Waals surface area (Å²) in [6.45, 7) is 3.24. The Balaban J connectivity index is 2.03. The van der Waals surface area contributed by atoms with Crippen LogP contribution in [-0.4, -0.2) is 52.0 Å². The second-order valence-electron chi connectivity index (χ2n) is 5.58. The second-order valence-corrected chi connectivity index (χ2v) is 6.30. The van der Waals surface area contributed by atoms with Gasteiger partial charge in [-0.05, 0) is 19.3 Å².